The van der Waals surface area contributed by atoms with Gasteiger partial charge in [0.15, 0.2) is 5.78 Å². The SMILES string of the molecule is CC(=O)c1cc(-n2c(C)cc(OCc3ncc(C)cc3F)cc2=O)c(C)cn1. The van der Waals surface area contributed by atoms with Gasteiger partial charge in [0.25, 0.3) is 5.56 Å². The molecule has 3 aromatic heterocycles. The number of rotatable bonds is 5. The molecule has 0 atom stereocenters. The normalized spacial score (nSPS) is 10.8. The number of carbonyl (C=O) groups excluding carboxylic acids is 1. The molecular formula is C21H20FN3O3. The van der Waals surface area contributed by atoms with E-state index in [-0.39, 0.29) is 29.3 Å². The van der Waals surface area contributed by atoms with Gasteiger partial charge in [-0.1, -0.05) is 0 Å². The highest BCUT2D eigenvalue weighted by Crippen LogP contribution is 2.19. The summed E-state index contributed by atoms with van der Waals surface area (Å²) in [5.41, 5.74) is 2.81. The van der Waals surface area contributed by atoms with Gasteiger partial charge in [-0.2, -0.15) is 0 Å². The minimum absolute atomic E-state index is 0.0855. The Morgan fingerprint density at radius 1 is 1.11 bits per heavy atom. The summed E-state index contributed by atoms with van der Waals surface area (Å²) in [6.07, 6.45) is 3.12. The molecule has 0 N–H and O–H groups in total. The third kappa shape index (κ3) is 3.98. The second-order valence-electron chi connectivity index (χ2n) is 6.65. The number of aryl methyl sites for hydroxylation is 3. The van der Waals surface area contributed by atoms with Crippen LogP contribution in [0.3, 0.4) is 0 Å². The fourth-order valence-corrected chi connectivity index (χ4v) is 2.83. The highest BCUT2D eigenvalue weighted by Gasteiger charge is 2.13. The third-order valence-electron chi connectivity index (χ3n) is 4.30. The summed E-state index contributed by atoms with van der Waals surface area (Å²) in [4.78, 5) is 32.4. The lowest BCUT2D eigenvalue weighted by Gasteiger charge is -2.15. The standard InChI is InChI=1S/C21H20FN3O3/c1-12-5-17(22)19(23-9-12)11-28-16-6-14(3)25(21(27)7-16)20-8-18(15(4)26)24-10-13(20)2/h5-10H,11H2,1-4H3. The topological polar surface area (TPSA) is 74.1 Å². The zero-order chi connectivity index (χ0) is 20.4. The first kappa shape index (κ1) is 19.4. The molecule has 3 rings (SSSR count). The number of ketones is 1. The molecule has 0 aliphatic rings. The van der Waals surface area contributed by atoms with E-state index in [0.29, 0.717) is 17.1 Å². The van der Waals surface area contributed by atoms with Gasteiger partial charge in [0.1, 0.15) is 29.6 Å². The summed E-state index contributed by atoms with van der Waals surface area (Å²) < 4.78 is 21.0. The van der Waals surface area contributed by atoms with E-state index in [0.717, 1.165) is 11.1 Å². The highest BCUT2D eigenvalue weighted by molar-refractivity contribution is 5.92. The Morgan fingerprint density at radius 3 is 2.50 bits per heavy atom. The van der Waals surface area contributed by atoms with Gasteiger partial charge in [-0.15, -0.1) is 0 Å². The van der Waals surface area contributed by atoms with Crippen molar-refractivity contribution in [3.63, 3.8) is 0 Å². The molecule has 144 valence electrons. The summed E-state index contributed by atoms with van der Waals surface area (Å²) in [5, 5.41) is 0. The Labute approximate surface area is 161 Å². The van der Waals surface area contributed by atoms with Crippen LogP contribution in [-0.2, 0) is 6.61 Å². The third-order valence-corrected chi connectivity index (χ3v) is 4.30. The van der Waals surface area contributed by atoms with Crippen LogP contribution in [0.1, 0.15) is 39.9 Å². The van der Waals surface area contributed by atoms with Crippen molar-refractivity contribution >= 4 is 5.78 Å². The molecule has 0 amide bonds. The zero-order valence-corrected chi connectivity index (χ0v) is 16.1. The van der Waals surface area contributed by atoms with E-state index >= 15 is 0 Å². The second kappa shape index (κ2) is 7.72. The van der Waals surface area contributed by atoms with Gasteiger partial charge in [0.05, 0.1) is 5.69 Å². The number of ether oxygens (including phenoxy) is 1. The molecule has 0 bridgehead atoms. The van der Waals surface area contributed by atoms with Gasteiger partial charge in [0.2, 0.25) is 0 Å². The van der Waals surface area contributed by atoms with Crippen LogP contribution in [0.2, 0.25) is 0 Å². The quantitative estimate of drug-likeness (QED) is 0.633. The fourth-order valence-electron chi connectivity index (χ4n) is 2.83. The molecule has 28 heavy (non-hydrogen) atoms. The number of halogens is 1. The van der Waals surface area contributed by atoms with Crippen molar-refractivity contribution in [1.29, 1.82) is 0 Å². The molecule has 0 saturated carbocycles. The summed E-state index contributed by atoms with van der Waals surface area (Å²) >= 11 is 0. The van der Waals surface area contributed by atoms with E-state index in [2.05, 4.69) is 9.97 Å². The first-order valence-corrected chi connectivity index (χ1v) is 8.71. The van der Waals surface area contributed by atoms with Crippen molar-refractivity contribution in [3.8, 4) is 11.4 Å². The van der Waals surface area contributed by atoms with Gasteiger partial charge >= 0.3 is 0 Å². The molecular weight excluding hydrogens is 361 g/mol. The minimum Gasteiger partial charge on any atom is -0.487 e. The van der Waals surface area contributed by atoms with Crippen LogP contribution in [0.15, 0.2) is 41.5 Å². The molecule has 7 heteroatoms. The van der Waals surface area contributed by atoms with Crippen LogP contribution in [0.4, 0.5) is 4.39 Å². The Balaban J connectivity index is 1.92. The van der Waals surface area contributed by atoms with E-state index in [1.54, 1.807) is 38.4 Å². The minimum atomic E-state index is -0.450. The number of pyridine rings is 3. The smallest absolute Gasteiger partial charge is 0.259 e. The highest BCUT2D eigenvalue weighted by atomic mass is 19.1. The molecule has 0 spiro atoms. The monoisotopic (exact) mass is 381 g/mol. The first-order valence-electron chi connectivity index (χ1n) is 8.71. The summed E-state index contributed by atoms with van der Waals surface area (Å²) in [5.74, 6) is -0.312. The summed E-state index contributed by atoms with van der Waals surface area (Å²) in [7, 11) is 0. The molecule has 0 fully saturated rings. The lowest BCUT2D eigenvalue weighted by atomic mass is 10.1. The Morgan fingerprint density at radius 2 is 1.86 bits per heavy atom. The maximum atomic E-state index is 13.9. The Bertz CT molecular complexity index is 1120. The second-order valence-corrected chi connectivity index (χ2v) is 6.65. The van der Waals surface area contributed by atoms with Crippen LogP contribution in [-0.4, -0.2) is 20.3 Å². The molecule has 0 aliphatic carbocycles. The van der Waals surface area contributed by atoms with Crippen LogP contribution < -0.4 is 10.3 Å². The van der Waals surface area contributed by atoms with Gasteiger partial charge < -0.3 is 4.74 Å². The van der Waals surface area contributed by atoms with Crippen LogP contribution in [0, 0.1) is 26.6 Å². The van der Waals surface area contributed by atoms with Crippen molar-refractivity contribution < 1.29 is 13.9 Å². The number of hydrogen-bond acceptors (Lipinski definition) is 5. The van der Waals surface area contributed by atoms with Crippen molar-refractivity contribution in [2.45, 2.75) is 34.3 Å². The Hall–Kier alpha value is -3.35. The van der Waals surface area contributed by atoms with E-state index in [1.165, 1.54) is 23.6 Å². The van der Waals surface area contributed by atoms with Gasteiger partial charge in [-0.05, 0) is 44.0 Å². The zero-order valence-electron chi connectivity index (χ0n) is 16.1. The first-order chi connectivity index (χ1) is 13.3. The predicted molar refractivity (Wildman–Crippen MR) is 103 cm³/mol. The van der Waals surface area contributed by atoms with Crippen molar-refractivity contribution in [3.05, 3.63) is 81.0 Å². The van der Waals surface area contributed by atoms with E-state index in [1.807, 2.05) is 6.92 Å². The Kier molecular flexibility index (Phi) is 5.35. The van der Waals surface area contributed by atoms with Gasteiger partial charge in [-0.3, -0.25) is 24.1 Å². The number of nitrogens with zero attached hydrogens (tertiary/aromatic N) is 3. The van der Waals surface area contributed by atoms with E-state index in [9.17, 15) is 14.0 Å². The lowest BCUT2D eigenvalue weighted by molar-refractivity contribution is 0.101. The van der Waals surface area contributed by atoms with Crippen LogP contribution in [0.25, 0.3) is 5.69 Å². The van der Waals surface area contributed by atoms with E-state index < -0.39 is 5.82 Å². The molecule has 0 aliphatic heterocycles. The van der Waals surface area contributed by atoms with Crippen molar-refractivity contribution in [2.24, 2.45) is 0 Å². The average molecular weight is 381 g/mol. The lowest BCUT2D eigenvalue weighted by Crippen LogP contribution is -2.21. The molecule has 3 aromatic rings. The number of hydrogen-bond donors (Lipinski definition) is 0. The maximum absolute atomic E-state index is 13.9. The summed E-state index contributed by atoms with van der Waals surface area (Å²) in [6.45, 7) is 6.66. The maximum Gasteiger partial charge on any atom is 0.259 e. The molecule has 6 nitrogen and oxygen atoms in total. The molecule has 0 saturated heterocycles. The van der Waals surface area contributed by atoms with Crippen LogP contribution in [0.5, 0.6) is 5.75 Å². The predicted octanol–water partition coefficient (Wildman–Crippen LogP) is 3.47. The molecule has 0 radical (unpaired) electrons. The number of Topliss-reactive ketones (excluding diaryl/α,β-unsaturated/α-hetero) is 1. The van der Waals surface area contributed by atoms with E-state index in [4.69, 9.17) is 4.74 Å². The summed E-state index contributed by atoms with van der Waals surface area (Å²) in [6, 6.07) is 5.99. The largest absolute Gasteiger partial charge is 0.487 e. The molecule has 0 aromatic carbocycles. The van der Waals surface area contributed by atoms with Gasteiger partial charge in [-0.25, -0.2) is 4.39 Å². The average Bonchev–Trinajstić information content (AvgIpc) is 2.61. The van der Waals surface area contributed by atoms with Crippen molar-refractivity contribution in [1.82, 2.24) is 14.5 Å². The van der Waals surface area contributed by atoms with Gasteiger partial charge in [0, 0.05) is 37.1 Å². The number of carbonyl (C=O) groups is 1. The molecule has 3 heterocycles. The van der Waals surface area contributed by atoms with Crippen LogP contribution >= 0.6 is 0 Å². The fraction of sp³-hybridized carbons (Fsp3) is 0.238. The molecule has 0 unspecified atom stereocenters. The van der Waals surface area contributed by atoms with Crippen molar-refractivity contribution in [2.75, 3.05) is 0 Å². The number of aromatic nitrogens is 3.